The first kappa shape index (κ1) is 9.60. The van der Waals surface area contributed by atoms with Gasteiger partial charge in [0.15, 0.2) is 0 Å². The van der Waals surface area contributed by atoms with E-state index in [0.717, 1.165) is 35.2 Å². The second kappa shape index (κ2) is 3.95. The molecule has 1 rings (SSSR count). The van der Waals surface area contributed by atoms with E-state index in [1.165, 1.54) is 0 Å². The smallest absolute Gasteiger partial charge is 0.0994 e. The highest BCUT2D eigenvalue weighted by Crippen LogP contribution is 2.21. The summed E-state index contributed by atoms with van der Waals surface area (Å²) in [5, 5.41) is 8.87. The van der Waals surface area contributed by atoms with Gasteiger partial charge < -0.3 is 5.73 Å². The fraction of sp³-hybridized carbons (Fsp3) is 0.364. The highest BCUT2D eigenvalue weighted by molar-refractivity contribution is 5.57. The second-order valence-electron chi connectivity index (χ2n) is 2.98. The molecule has 2 nitrogen and oxygen atoms in total. The van der Waals surface area contributed by atoms with E-state index in [1.54, 1.807) is 6.07 Å². The number of rotatable bonds is 2. The van der Waals surface area contributed by atoms with Gasteiger partial charge in [0.05, 0.1) is 11.6 Å². The summed E-state index contributed by atoms with van der Waals surface area (Å²) in [6.07, 6.45) is 1.77. The van der Waals surface area contributed by atoms with Crippen LogP contribution in [-0.2, 0) is 12.8 Å². The third-order valence-electron chi connectivity index (χ3n) is 2.29. The van der Waals surface area contributed by atoms with Crippen LogP contribution in [0.25, 0.3) is 0 Å². The van der Waals surface area contributed by atoms with E-state index in [9.17, 15) is 0 Å². The van der Waals surface area contributed by atoms with Crippen LogP contribution < -0.4 is 5.73 Å². The lowest BCUT2D eigenvalue weighted by Gasteiger charge is -2.10. The second-order valence-corrected chi connectivity index (χ2v) is 2.98. The van der Waals surface area contributed by atoms with Gasteiger partial charge in [-0.3, -0.25) is 0 Å². The number of nitrogen functional groups attached to an aromatic ring is 1. The molecule has 0 heterocycles. The largest absolute Gasteiger partial charge is 0.398 e. The third kappa shape index (κ3) is 1.65. The molecule has 0 radical (unpaired) electrons. The molecule has 0 spiro atoms. The summed E-state index contributed by atoms with van der Waals surface area (Å²) < 4.78 is 0. The Balaban J connectivity index is 3.38. The molecule has 0 amide bonds. The maximum Gasteiger partial charge on any atom is 0.0994 e. The summed E-state index contributed by atoms with van der Waals surface area (Å²) in [4.78, 5) is 0. The number of nitriles is 1. The van der Waals surface area contributed by atoms with Gasteiger partial charge in [-0.25, -0.2) is 0 Å². The maximum atomic E-state index is 8.87. The van der Waals surface area contributed by atoms with Crippen LogP contribution >= 0.6 is 0 Å². The van der Waals surface area contributed by atoms with E-state index in [4.69, 9.17) is 11.0 Å². The van der Waals surface area contributed by atoms with E-state index in [1.807, 2.05) is 6.07 Å². The van der Waals surface area contributed by atoms with Gasteiger partial charge in [-0.1, -0.05) is 13.8 Å². The molecule has 0 bridgehead atoms. The molecule has 0 saturated carbocycles. The first-order chi connectivity index (χ1) is 6.24. The number of nitrogens with two attached hydrogens (primary N) is 1. The van der Waals surface area contributed by atoms with Crippen molar-refractivity contribution in [3.63, 3.8) is 0 Å². The van der Waals surface area contributed by atoms with Crippen molar-refractivity contribution in [1.82, 2.24) is 0 Å². The number of nitrogens with zero attached hydrogens (tertiary/aromatic N) is 1. The van der Waals surface area contributed by atoms with Crippen molar-refractivity contribution in [1.29, 1.82) is 5.26 Å². The van der Waals surface area contributed by atoms with Gasteiger partial charge in [0.25, 0.3) is 0 Å². The molecule has 0 aliphatic carbocycles. The van der Waals surface area contributed by atoms with E-state index >= 15 is 0 Å². The molecule has 0 aromatic heterocycles. The first-order valence-corrected chi connectivity index (χ1v) is 4.54. The Kier molecular flexibility index (Phi) is 2.92. The molecular formula is C11H14N2. The van der Waals surface area contributed by atoms with Crippen LogP contribution in [0.1, 0.15) is 30.5 Å². The minimum Gasteiger partial charge on any atom is -0.398 e. The molecule has 68 valence electrons. The van der Waals surface area contributed by atoms with Crippen LogP contribution in [0.5, 0.6) is 0 Å². The Bertz CT molecular complexity index is 348. The zero-order valence-electron chi connectivity index (χ0n) is 8.09. The Labute approximate surface area is 79.0 Å². The van der Waals surface area contributed by atoms with E-state index in [2.05, 4.69) is 19.9 Å². The Morgan fingerprint density at radius 2 is 1.85 bits per heavy atom. The predicted octanol–water partition coefficient (Wildman–Crippen LogP) is 2.27. The molecule has 0 aliphatic rings. The maximum absolute atomic E-state index is 8.87. The van der Waals surface area contributed by atoms with Gasteiger partial charge >= 0.3 is 0 Å². The molecule has 1 aromatic rings. The molecule has 0 aliphatic heterocycles. The zero-order chi connectivity index (χ0) is 9.84. The van der Waals surface area contributed by atoms with Crippen molar-refractivity contribution in [2.45, 2.75) is 26.7 Å². The average molecular weight is 174 g/mol. The summed E-state index contributed by atoms with van der Waals surface area (Å²) in [6.45, 7) is 4.11. The molecule has 0 atom stereocenters. The van der Waals surface area contributed by atoms with Crippen LogP contribution in [0.4, 0.5) is 5.69 Å². The Morgan fingerprint density at radius 1 is 1.23 bits per heavy atom. The topological polar surface area (TPSA) is 49.8 Å². The third-order valence-corrected chi connectivity index (χ3v) is 2.29. The van der Waals surface area contributed by atoms with Crippen molar-refractivity contribution in [3.05, 3.63) is 28.8 Å². The number of benzene rings is 1. The summed E-state index contributed by atoms with van der Waals surface area (Å²) >= 11 is 0. The molecule has 0 unspecified atom stereocenters. The van der Waals surface area contributed by atoms with Crippen LogP contribution in [0.15, 0.2) is 12.1 Å². The molecule has 2 heteroatoms. The minimum absolute atomic E-state index is 0.758. The van der Waals surface area contributed by atoms with Crippen molar-refractivity contribution < 1.29 is 0 Å². The van der Waals surface area contributed by atoms with Crippen molar-refractivity contribution >= 4 is 5.69 Å². The van der Waals surface area contributed by atoms with Gasteiger partial charge in [-0.15, -0.1) is 0 Å². The Hall–Kier alpha value is -1.49. The normalized spacial score (nSPS) is 9.62. The van der Waals surface area contributed by atoms with Crippen molar-refractivity contribution in [2.75, 3.05) is 5.73 Å². The van der Waals surface area contributed by atoms with E-state index < -0.39 is 0 Å². The summed E-state index contributed by atoms with van der Waals surface area (Å²) in [6, 6.07) is 5.81. The molecule has 0 saturated heterocycles. The van der Waals surface area contributed by atoms with Crippen molar-refractivity contribution in [3.8, 4) is 6.07 Å². The van der Waals surface area contributed by atoms with E-state index in [0.29, 0.717) is 0 Å². The average Bonchev–Trinajstić information content (AvgIpc) is 2.17. The minimum atomic E-state index is 0.758. The van der Waals surface area contributed by atoms with Crippen LogP contribution in [0.3, 0.4) is 0 Å². The number of hydrogen-bond donors (Lipinski definition) is 1. The number of hydrogen-bond acceptors (Lipinski definition) is 2. The molecule has 2 N–H and O–H groups in total. The summed E-state index contributed by atoms with van der Waals surface area (Å²) in [5.41, 5.74) is 9.61. The van der Waals surface area contributed by atoms with Gasteiger partial charge in [-0.05, 0) is 36.1 Å². The monoisotopic (exact) mass is 174 g/mol. The van der Waals surface area contributed by atoms with Crippen LogP contribution in [0, 0.1) is 11.3 Å². The fourth-order valence-electron chi connectivity index (χ4n) is 1.64. The lowest BCUT2D eigenvalue weighted by molar-refractivity contribution is 1.03. The molecular weight excluding hydrogens is 160 g/mol. The fourth-order valence-corrected chi connectivity index (χ4v) is 1.64. The van der Waals surface area contributed by atoms with Gasteiger partial charge in [0, 0.05) is 5.69 Å². The standard InChI is InChI=1S/C11H14N2/c1-3-9-8(7-12)5-6-11(13)10(9)4-2/h5-6H,3-4,13H2,1-2H3. The SMILES string of the molecule is CCc1c(N)ccc(C#N)c1CC. The molecule has 1 aromatic carbocycles. The van der Waals surface area contributed by atoms with Crippen molar-refractivity contribution in [2.24, 2.45) is 0 Å². The number of anilines is 1. The highest BCUT2D eigenvalue weighted by atomic mass is 14.6. The summed E-state index contributed by atoms with van der Waals surface area (Å²) in [5.74, 6) is 0. The van der Waals surface area contributed by atoms with Gasteiger partial charge in [-0.2, -0.15) is 5.26 Å². The summed E-state index contributed by atoms with van der Waals surface area (Å²) in [7, 11) is 0. The van der Waals surface area contributed by atoms with Crippen LogP contribution in [0.2, 0.25) is 0 Å². The molecule has 13 heavy (non-hydrogen) atoms. The first-order valence-electron chi connectivity index (χ1n) is 4.54. The van der Waals surface area contributed by atoms with Crippen LogP contribution in [-0.4, -0.2) is 0 Å². The van der Waals surface area contributed by atoms with Gasteiger partial charge in [0.1, 0.15) is 0 Å². The predicted molar refractivity (Wildman–Crippen MR) is 54.3 cm³/mol. The molecule has 0 fully saturated rings. The highest BCUT2D eigenvalue weighted by Gasteiger charge is 2.07. The zero-order valence-corrected chi connectivity index (χ0v) is 8.09. The van der Waals surface area contributed by atoms with Gasteiger partial charge in [0.2, 0.25) is 0 Å². The lowest BCUT2D eigenvalue weighted by Crippen LogP contribution is -2.00. The lowest BCUT2D eigenvalue weighted by atomic mass is 9.96. The van der Waals surface area contributed by atoms with E-state index in [-0.39, 0.29) is 0 Å². The Morgan fingerprint density at radius 3 is 2.31 bits per heavy atom. The quantitative estimate of drug-likeness (QED) is 0.699.